The van der Waals surface area contributed by atoms with Crippen molar-refractivity contribution in [3.8, 4) is 0 Å². The average molecular weight is 432 g/mol. The zero-order valence-electron chi connectivity index (χ0n) is 17.6. The first kappa shape index (κ1) is 23.8. The molecular formula is C20H33NO7S. The number of piperidine rings is 1. The molecule has 2 rings (SSSR count). The number of hydrogen-bond donors (Lipinski definition) is 0. The average Bonchev–Trinajstić information content (AvgIpc) is 2.85. The molecule has 8 nitrogen and oxygen atoms in total. The van der Waals surface area contributed by atoms with Gasteiger partial charge in [0.25, 0.3) is 0 Å². The minimum absolute atomic E-state index is 0.0209. The summed E-state index contributed by atoms with van der Waals surface area (Å²) in [5.41, 5.74) is 0.0408. The summed E-state index contributed by atoms with van der Waals surface area (Å²) in [5.74, 6) is -1.21. The second-order valence-corrected chi connectivity index (χ2v) is 10.0. The Bertz CT molecular complexity index is 692. The number of unbranched alkanes of at least 4 members (excludes halogenated alkanes) is 1. The van der Waals surface area contributed by atoms with Gasteiger partial charge in [-0.2, -0.15) is 0 Å². The van der Waals surface area contributed by atoms with Crippen LogP contribution in [0, 0.1) is 11.8 Å². The van der Waals surface area contributed by atoms with E-state index in [1.165, 1.54) is 10.6 Å². The zero-order chi connectivity index (χ0) is 21.6. The number of nitrogens with zero attached hydrogens (tertiary/aromatic N) is 1. The summed E-state index contributed by atoms with van der Waals surface area (Å²) in [6.07, 6.45) is 3.84. The Balaban J connectivity index is 1.77. The predicted octanol–water partition coefficient (Wildman–Crippen LogP) is 1.89. The fourth-order valence-electron chi connectivity index (χ4n) is 3.84. The van der Waals surface area contributed by atoms with Crippen LogP contribution in [0.15, 0.2) is 12.2 Å². The first-order valence-corrected chi connectivity index (χ1v) is 12.1. The summed E-state index contributed by atoms with van der Waals surface area (Å²) in [6, 6.07) is 0. The summed E-state index contributed by atoms with van der Waals surface area (Å²) < 4.78 is 41.3. The van der Waals surface area contributed by atoms with E-state index in [1.54, 1.807) is 6.92 Å². The van der Waals surface area contributed by atoms with Gasteiger partial charge >= 0.3 is 11.9 Å². The number of sulfonamides is 1. The molecule has 0 spiro atoms. The predicted molar refractivity (Wildman–Crippen MR) is 108 cm³/mol. The van der Waals surface area contributed by atoms with Crippen molar-refractivity contribution < 1.29 is 32.2 Å². The molecule has 29 heavy (non-hydrogen) atoms. The molecule has 1 aliphatic carbocycles. The Morgan fingerprint density at radius 1 is 1.21 bits per heavy atom. The molecule has 0 amide bonds. The Hall–Kier alpha value is -1.45. The third-order valence-corrected chi connectivity index (χ3v) is 6.64. The molecular weight excluding hydrogens is 398 g/mol. The number of hydrogen-bond acceptors (Lipinski definition) is 7. The molecule has 4 atom stereocenters. The van der Waals surface area contributed by atoms with E-state index in [1.807, 2.05) is 0 Å². The van der Waals surface area contributed by atoms with Crippen LogP contribution >= 0.6 is 0 Å². The molecule has 1 saturated carbocycles. The van der Waals surface area contributed by atoms with Gasteiger partial charge < -0.3 is 14.2 Å². The standard InChI is InChI=1S/C20H33NO7S/c1-5-6-9-26-13-15(3)27-18(22)10-14(2)20(23)28-19-16-7-8-17(19)12-21(11-16)29(4,24)25/h15-17,19H,2,5-13H2,1,3-4H3/t15?,16-,17+,19?. The number of rotatable bonds is 11. The lowest BCUT2D eigenvalue weighted by atomic mass is 9.96. The molecule has 0 N–H and O–H groups in total. The highest BCUT2D eigenvalue weighted by molar-refractivity contribution is 7.88. The van der Waals surface area contributed by atoms with E-state index in [4.69, 9.17) is 14.2 Å². The summed E-state index contributed by atoms with van der Waals surface area (Å²) in [4.78, 5) is 24.4. The second kappa shape index (κ2) is 10.5. The van der Waals surface area contributed by atoms with E-state index >= 15 is 0 Å². The van der Waals surface area contributed by atoms with Gasteiger partial charge in [-0.05, 0) is 26.2 Å². The minimum atomic E-state index is -3.25. The molecule has 2 unspecified atom stereocenters. The van der Waals surface area contributed by atoms with Crippen molar-refractivity contribution in [2.75, 3.05) is 32.6 Å². The van der Waals surface area contributed by atoms with Crippen molar-refractivity contribution in [2.24, 2.45) is 11.8 Å². The van der Waals surface area contributed by atoms with Gasteiger partial charge in [0.1, 0.15) is 12.2 Å². The van der Waals surface area contributed by atoms with E-state index < -0.39 is 28.1 Å². The normalized spacial score (nSPS) is 25.4. The largest absolute Gasteiger partial charge is 0.460 e. The van der Waals surface area contributed by atoms with Crippen LogP contribution in [0.3, 0.4) is 0 Å². The molecule has 9 heteroatoms. The van der Waals surface area contributed by atoms with Crippen molar-refractivity contribution in [1.29, 1.82) is 0 Å². The highest BCUT2D eigenvalue weighted by atomic mass is 32.2. The van der Waals surface area contributed by atoms with Crippen molar-refractivity contribution in [2.45, 2.75) is 58.2 Å². The molecule has 0 aromatic carbocycles. The molecule has 2 bridgehead atoms. The molecule has 166 valence electrons. The third kappa shape index (κ3) is 7.08. The fraction of sp³-hybridized carbons (Fsp3) is 0.800. The van der Waals surface area contributed by atoms with Crippen LogP contribution in [0.25, 0.3) is 0 Å². The van der Waals surface area contributed by atoms with Gasteiger partial charge in [-0.25, -0.2) is 17.5 Å². The van der Waals surface area contributed by atoms with Crippen LogP contribution in [0.2, 0.25) is 0 Å². The number of esters is 2. The van der Waals surface area contributed by atoms with Gasteiger partial charge in [-0.15, -0.1) is 0 Å². The highest BCUT2D eigenvalue weighted by Gasteiger charge is 2.46. The molecule has 2 fully saturated rings. The summed E-state index contributed by atoms with van der Waals surface area (Å²) in [5, 5.41) is 0. The Kier molecular flexibility index (Phi) is 8.66. The van der Waals surface area contributed by atoms with Crippen molar-refractivity contribution >= 4 is 22.0 Å². The Morgan fingerprint density at radius 2 is 1.83 bits per heavy atom. The summed E-state index contributed by atoms with van der Waals surface area (Å²) in [6.45, 7) is 9.12. The van der Waals surface area contributed by atoms with E-state index in [0.717, 1.165) is 25.7 Å². The van der Waals surface area contributed by atoms with Crippen LogP contribution < -0.4 is 0 Å². The first-order valence-electron chi connectivity index (χ1n) is 10.2. The quantitative estimate of drug-likeness (QED) is 0.280. The topological polar surface area (TPSA) is 99.2 Å². The maximum atomic E-state index is 12.4. The summed E-state index contributed by atoms with van der Waals surface area (Å²) in [7, 11) is -3.25. The van der Waals surface area contributed by atoms with Crippen LogP contribution in [-0.4, -0.2) is 69.4 Å². The van der Waals surface area contributed by atoms with Crippen LogP contribution in [0.5, 0.6) is 0 Å². The fourth-order valence-corrected chi connectivity index (χ4v) is 4.77. The van der Waals surface area contributed by atoms with Crippen LogP contribution in [0.4, 0.5) is 0 Å². The van der Waals surface area contributed by atoms with Gasteiger partial charge in [0.05, 0.1) is 19.3 Å². The van der Waals surface area contributed by atoms with Crippen LogP contribution in [0.1, 0.15) is 46.0 Å². The van der Waals surface area contributed by atoms with Gasteiger partial charge in [-0.3, -0.25) is 4.79 Å². The lowest BCUT2D eigenvalue weighted by molar-refractivity contribution is -0.155. The molecule has 1 saturated heterocycles. The van der Waals surface area contributed by atoms with Crippen LogP contribution in [-0.2, 0) is 33.8 Å². The van der Waals surface area contributed by atoms with Crippen molar-refractivity contribution in [3.63, 3.8) is 0 Å². The second-order valence-electron chi connectivity index (χ2n) is 8.06. The number of carbonyl (C=O) groups excluding carboxylic acids is 2. The minimum Gasteiger partial charge on any atom is -0.460 e. The van der Waals surface area contributed by atoms with Gasteiger partial charge in [0.2, 0.25) is 10.0 Å². The monoisotopic (exact) mass is 431 g/mol. The van der Waals surface area contributed by atoms with Gasteiger partial charge in [-0.1, -0.05) is 19.9 Å². The number of carbonyl (C=O) groups is 2. The van der Waals surface area contributed by atoms with E-state index in [0.29, 0.717) is 26.3 Å². The lowest BCUT2D eigenvalue weighted by Gasteiger charge is -2.36. The Morgan fingerprint density at radius 3 is 2.38 bits per heavy atom. The van der Waals surface area contributed by atoms with Crippen molar-refractivity contribution in [3.05, 3.63) is 12.2 Å². The first-order chi connectivity index (χ1) is 13.6. The molecule has 0 aromatic heterocycles. The number of ether oxygens (including phenoxy) is 3. The van der Waals surface area contributed by atoms with E-state index in [2.05, 4.69) is 13.5 Å². The lowest BCUT2D eigenvalue weighted by Crippen LogP contribution is -2.48. The summed E-state index contributed by atoms with van der Waals surface area (Å²) >= 11 is 0. The van der Waals surface area contributed by atoms with E-state index in [9.17, 15) is 18.0 Å². The maximum Gasteiger partial charge on any atom is 0.334 e. The third-order valence-electron chi connectivity index (χ3n) is 5.40. The SMILES string of the molecule is C=C(CC(=O)OC(C)COCCCC)C(=O)OC1[C@@H]2CC[C@H]1CN(S(C)(=O)=O)C2. The van der Waals surface area contributed by atoms with Gasteiger partial charge in [0.15, 0.2) is 0 Å². The molecule has 1 heterocycles. The Labute approximate surface area is 173 Å². The maximum absolute atomic E-state index is 12.4. The molecule has 1 aliphatic heterocycles. The molecule has 2 aliphatic rings. The van der Waals surface area contributed by atoms with E-state index in [-0.39, 0.29) is 29.9 Å². The number of fused-ring (bicyclic) bond motifs is 2. The highest BCUT2D eigenvalue weighted by Crippen LogP contribution is 2.40. The smallest absolute Gasteiger partial charge is 0.334 e. The zero-order valence-corrected chi connectivity index (χ0v) is 18.4. The van der Waals surface area contributed by atoms with Gasteiger partial charge in [0, 0.05) is 37.1 Å². The molecule has 0 aromatic rings. The molecule has 0 radical (unpaired) electrons. The van der Waals surface area contributed by atoms with Crippen molar-refractivity contribution in [1.82, 2.24) is 4.31 Å².